The molecule has 0 bridgehead atoms. The molecule has 0 aliphatic heterocycles. The van der Waals surface area contributed by atoms with Crippen molar-refractivity contribution >= 4 is 34.8 Å². The van der Waals surface area contributed by atoms with Crippen LogP contribution in [-0.4, -0.2) is 38.9 Å². The fourth-order valence-corrected chi connectivity index (χ4v) is 3.08. The van der Waals surface area contributed by atoms with Gasteiger partial charge in [-0.3, -0.25) is 4.79 Å². The summed E-state index contributed by atoms with van der Waals surface area (Å²) in [4.78, 5) is 12.2. The molecule has 0 radical (unpaired) electrons. The third-order valence-corrected chi connectivity index (χ3v) is 4.65. The molecule has 0 saturated carbocycles. The van der Waals surface area contributed by atoms with Gasteiger partial charge in [0.15, 0.2) is 11.5 Å². The molecule has 0 unspecified atom stereocenters. The minimum atomic E-state index is -0.324. The third-order valence-electron chi connectivity index (χ3n) is 4.08. The van der Waals surface area contributed by atoms with E-state index >= 15 is 0 Å². The van der Waals surface area contributed by atoms with Gasteiger partial charge in [0.25, 0.3) is 5.91 Å². The van der Waals surface area contributed by atoms with E-state index in [1.807, 2.05) is 30.3 Å². The Hall–Kier alpha value is -3.16. The van der Waals surface area contributed by atoms with E-state index in [0.717, 1.165) is 5.56 Å². The molecule has 0 aliphatic carbocycles. The largest absolute Gasteiger partial charge is 0.475 e. The van der Waals surface area contributed by atoms with Gasteiger partial charge < -0.3 is 10.1 Å². The highest BCUT2D eigenvalue weighted by Gasteiger charge is 2.12. The van der Waals surface area contributed by atoms with Crippen LogP contribution in [0.25, 0.3) is 17.0 Å². The van der Waals surface area contributed by atoms with Crippen LogP contribution >= 0.6 is 23.2 Å². The highest BCUT2D eigenvalue weighted by molar-refractivity contribution is 6.35. The van der Waals surface area contributed by atoms with Gasteiger partial charge in [0.2, 0.25) is 5.88 Å². The molecule has 0 fully saturated rings. The van der Waals surface area contributed by atoms with Crippen LogP contribution < -0.4 is 10.1 Å². The molecule has 1 amide bonds. The zero-order valence-electron chi connectivity index (χ0n) is 15.0. The van der Waals surface area contributed by atoms with Crippen molar-refractivity contribution < 1.29 is 9.53 Å². The number of rotatable bonds is 6. The number of fused-ring (bicyclic) bond motifs is 1. The minimum absolute atomic E-state index is 0.227. The Bertz CT molecular complexity index is 1160. The molecule has 2 aromatic carbocycles. The van der Waals surface area contributed by atoms with E-state index in [2.05, 4.69) is 20.6 Å². The molecule has 4 rings (SSSR count). The normalized spacial score (nSPS) is 10.8. The molecule has 2 aromatic heterocycles. The predicted octanol–water partition coefficient (Wildman–Crippen LogP) is 3.91. The zero-order valence-corrected chi connectivity index (χ0v) is 16.6. The highest BCUT2D eigenvalue weighted by Crippen LogP contribution is 2.21. The summed E-state index contributed by atoms with van der Waals surface area (Å²) in [7, 11) is 0. The number of amides is 1. The fraction of sp³-hybridized carbons (Fsp3) is 0.100. The van der Waals surface area contributed by atoms with E-state index in [-0.39, 0.29) is 19.1 Å². The van der Waals surface area contributed by atoms with Crippen LogP contribution in [0.4, 0.5) is 0 Å². The van der Waals surface area contributed by atoms with Gasteiger partial charge in [-0.1, -0.05) is 53.5 Å². The van der Waals surface area contributed by atoms with Crippen molar-refractivity contribution in [3.05, 3.63) is 76.3 Å². The van der Waals surface area contributed by atoms with E-state index in [1.165, 1.54) is 6.07 Å². The summed E-state index contributed by atoms with van der Waals surface area (Å²) in [5.41, 5.74) is 1.83. The molecule has 29 heavy (non-hydrogen) atoms. The van der Waals surface area contributed by atoms with Crippen LogP contribution in [0.3, 0.4) is 0 Å². The topological polar surface area (TPSA) is 81.4 Å². The second-order valence-corrected chi connectivity index (χ2v) is 6.90. The number of nitrogens with one attached hydrogen (secondary N) is 1. The quantitative estimate of drug-likeness (QED) is 0.471. The Morgan fingerprint density at radius 3 is 2.69 bits per heavy atom. The lowest BCUT2D eigenvalue weighted by molar-refractivity contribution is 0.0946. The van der Waals surface area contributed by atoms with Crippen molar-refractivity contribution in [2.45, 2.75) is 0 Å². The first-order chi connectivity index (χ1) is 14.1. The van der Waals surface area contributed by atoms with Gasteiger partial charge in [0.1, 0.15) is 6.61 Å². The number of aromatic nitrogens is 4. The molecule has 4 aromatic rings. The van der Waals surface area contributed by atoms with E-state index in [4.69, 9.17) is 27.9 Å². The van der Waals surface area contributed by atoms with Gasteiger partial charge in [-0.05, 0) is 24.3 Å². The number of hydrogen-bond acceptors (Lipinski definition) is 5. The van der Waals surface area contributed by atoms with Crippen molar-refractivity contribution in [3.63, 3.8) is 0 Å². The number of ether oxygens (including phenoxy) is 1. The Labute approximate surface area is 176 Å². The number of nitrogens with zero attached hydrogens (tertiary/aromatic N) is 4. The maximum Gasteiger partial charge on any atom is 0.252 e. The average molecular weight is 428 g/mol. The molecule has 0 spiro atoms. The molecule has 2 heterocycles. The maximum absolute atomic E-state index is 12.2. The Morgan fingerprint density at radius 1 is 1.03 bits per heavy atom. The van der Waals surface area contributed by atoms with Crippen LogP contribution in [0.5, 0.6) is 5.88 Å². The minimum Gasteiger partial charge on any atom is -0.475 e. The number of halogens is 2. The van der Waals surface area contributed by atoms with E-state index in [0.29, 0.717) is 33.0 Å². The van der Waals surface area contributed by atoms with Gasteiger partial charge in [-0.2, -0.15) is 4.52 Å². The van der Waals surface area contributed by atoms with Gasteiger partial charge in [0, 0.05) is 16.7 Å². The Balaban J connectivity index is 1.40. The van der Waals surface area contributed by atoms with E-state index in [9.17, 15) is 4.79 Å². The molecular weight excluding hydrogens is 413 g/mol. The van der Waals surface area contributed by atoms with Crippen molar-refractivity contribution in [2.75, 3.05) is 13.2 Å². The first-order valence-corrected chi connectivity index (χ1v) is 9.51. The van der Waals surface area contributed by atoms with Crippen molar-refractivity contribution in [1.29, 1.82) is 0 Å². The maximum atomic E-state index is 12.2. The fourth-order valence-electron chi connectivity index (χ4n) is 2.70. The summed E-state index contributed by atoms with van der Waals surface area (Å²) in [6, 6.07) is 17.8. The highest BCUT2D eigenvalue weighted by atomic mass is 35.5. The lowest BCUT2D eigenvalue weighted by atomic mass is 10.2. The zero-order chi connectivity index (χ0) is 20.2. The molecule has 0 saturated heterocycles. The van der Waals surface area contributed by atoms with Crippen LogP contribution in [0.2, 0.25) is 10.0 Å². The summed E-state index contributed by atoms with van der Waals surface area (Å²) in [5.74, 6) is 0.689. The van der Waals surface area contributed by atoms with E-state index in [1.54, 1.807) is 28.8 Å². The molecule has 7 nitrogen and oxygen atoms in total. The average Bonchev–Trinajstić information content (AvgIpc) is 3.16. The molecular formula is C20H15Cl2N5O2. The van der Waals surface area contributed by atoms with E-state index < -0.39 is 0 Å². The number of hydrogen-bond donors (Lipinski definition) is 1. The summed E-state index contributed by atoms with van der Waals surface area (Å²) in [6.45, 7) is 0.500. The lowest BCUT2D eigenvalue weighted by Crippen LogP contribution is -2.28. The summed E-state index contributed by atoms with van der Waals surface area (Å²) >= 11 is 11.9. The molecule has 0 atom stereocenters. The van der Waals surface area contributed by atoms with Gasteiger partial charge in [-0.25, -0.2) is 0 Å². The molecule has 146 valence electrons. The number of carbonyl (C=O) groups is 1. The molecule has 9 heteroatoms. The SMILES string of the molecule is O=C(NCCOc1ccc2nnc(-c3ccccc3)n2n1)c1cc(Cl)ccc1Cl. The van der Waals surface area contributed by atoms with Gasteiger partial charge in [-0.15, -0.1) is 15.3 Å². The van der Waals surface area contributed by atoms with Crippen LogP contribution in [-0.2, 0) is 0 Å². The van der Waals surface area contributed by atoms with Gasteiger partial charge in [0.05, 0.1) is 17.1 Å². The van der Waals surface area contributed by atoms with Crippen LogP contribution in [0.1, 0.15) is 10.4 Å². The second-order valence-electron chi connectivity index (χ2n) is 6.06. The second kappa shape index (κ2) is 8.46. The third kappa shape index (κ3) is 4.31. The monoisotopic (exact) mass is 427 g/mol. The van der Waals surface area contributed by atoms with Gasteiger partial charge >= 0.3 is 0 Å². The van der Waals surface area contributed by atoms with Crippen LogP contribution in [0, 0.1) is 0 Å². The summed E-state index contributed by atoms with van der Waals surface area (Å²) in [5, 5.41) is 16.3. The first-order valence-electron chi connectivity index (χ1n) is 8.76. The smallest absolute Gasteiger partial charge is 0.252 e. The van der Waals surface area contributed by atoms with Crippen molar-refractivity contribution in [1.82, 2.24) is 25.1 Å². The molecule has 0 aliphatic rings. The Kier molecular flexibility index (Phi) is 5.59. The first kappa shape index (κ1) is 19.2. The predicted molar refractivity (Wildman–Crippen MR) is 111 cm³/mol. The lowest BCUT2D eigenvalue weighted by Gasteiger charge is -2.09. The number of benzene rings is 2. The summed E-state index contributed by atoms with van der Waals surface area (Å²) in [6.07, 6.45) is 0. The summed E-state index contributed by atoms with van der Waals surface area (Å²) < 4.78 is 7.27. The van der Waals surface area contributed by atoms with Crippen molar-refractivity contribution in [3.8, 4) is 17.3 Å². The van der Waals surface area contributed by atoms with Crippen LogP contribution in [0.15, 0.2) is 60.7 Å². The van der Waals surface area contributed by atoms with Crippen molar-refractivity contribution in [2.24, 2.45) is 0 Å². The number of carbonyl (C=O) groups excluding carboxylic acids is 1. The standard InChI is InChI=1S/C20H15Cl2N5O2/c21-14-6-7-16(22)15(12-14)20(28)23-10-11-29-18-9-8-17-24-25-19(27(17)26-18)13-4-2-1-3-5-13/h1-9,12H,10-11H2,(H,23,28). The molecule has 1 N–H and O–H groups in total. The Morgan fingerprint density at radius 2 is 1.86 bits per heavy atom.